The molecule has 0 aromatic heterocycles. The number of nitrogens with zero attached hydrogens (tertiary/aromatic N) is 2. The number of nitrogens with one attached hydrogen (secondary N) is 1. The molecule has 2 heterocycles. The van der Waals surface area contributed by atoms with Gasteiger partial charge >= 0.3 is 0 Å². The van der Waals surface area contributed by atoms with Gasteiger partial charge in [-0.1, -0.05) is 41.4 Å². The number of allylic oxidation sites excluding steroid dienone is 2. The van der Waals surface area contributed by atoms with Crippen molar-refractivity contribution in [1.29, 1.82) is 0 Å². The van der Waals surface area contributed by atoms with Gasteiger partial charge in [-0.25, -0.2) is 0 Å². The molecule has 172 valence electrons. The summed E-state index contributed by atoms with van der Waals surface area (Å²) in [5.41, 5.74) is 5.28. The van der Waals surface area contributed by atoms with Crippen LogP contribution in [0.4, 0.5) is 5.69 Å². The molecule has 32 heavy (non-hydrogen) atoms. The fraction of sp³-hybridized carbons (Fsp3) is 0.481. The minimum Gasteiger partial charge on any atom is -0.371 e. The molecule has 0 radical (unpaired) electrons. The van der Waals surface area contributed by atoms with Gasteiger partial charge in [0.2, 0.25) is 0 Å². The Balaban J connectivity index is 1.54. The predicted molar refractivity (Wildman–Crippen MR) is 138 cm³/mol. The summed E-state index contributed by atoms with van der Waals surface area (Å²) < 4.78 is 0. The third kappa shape index (κ3) is 5.62. The van der Waals surface area contributed by atoms with E-state index >= 15 is 0 Å². The van der Waals surface area contributed by atoms with Crippen molar-refractivity contribution in [2.24, 2.45) is 5.92 Å². The SMILES string of the molecule is CC=C(CCC1CCCNC1)N1CCN(c2ccc(Cl)cc2C)[C@H](c2ccc(Cl)cc2)C1. The largest absolute Gasteiger partial charge is 0.371 e. The maximum atomic E-state index is 6.26. The van der Waals surface area contributed by atoms with Gasteiger partial charge in [-0.3, -0.25) is 0 Å². The first-order valence-electron chi connectivity index (χ1n) is 11.9. The zero-order valence-corrected chi connectivity index (χ0v) is 20.8. The lowest BCUT2D eigenvalue weighted by atomic mass is 9.93. The van der Waals surface area contributed by atoms with Crippen molar-refractivity contribution < 1.29 is 0 Å². The molecule has 2 aliphatic heterocycles. The van der Waals surface area contributed by atoms with E-state index in [9.17, 15) is 0 Å². The fourth-order valence-corrected chi connectivity index (χ4v) is 5.60. The highest BCUT2D eigenvalue weighted by Crippen LogP contribution is 2.36. The normalized spacial score (nSPS) is 22.3. The Hall–Kier alpha value is -1.68. The van der Waals surface area contributed by atoms with Crippen LogP contribution in [0.2, 0.25) is 10.0 Å². The summed E-state index contributed by atoms with van der Waals surface area (Å²) in [7, 11) is 0. The van der Waals surface area contributed by atoms with Crippen molar-refractivity contribution in [1.82, 2.24) is 10.2 Å². The minimum absolute atomic E-state index is 0.271. The molecule has 2 aromatic rings. The molecule has 2 fully saturated rings. The van der Waals surface area contributed by atoms with Crippen LogP contribution in [0.3, 0.4) is 0 Å². The molecule has 0 spiro atoms. The van der Waals surface area contributed by atoms with Crippen LogP contribution in [0.5, 0.6) is 0 Å². The monoisotopic (exact) mass is 471 g/mol. The van der Waals surface area contributed by atoms with Crippen LogP contribution in [0, 0.1) is 12.8 Å². The first-order valence-corrected chi connectivity index (χ1v) is 12.7. The Kier molecular flexibility index (Phi) is 8.04. The van der Waals surface area contributed by atoms with Crippen LogP contribution in [0.1, 0.15) is 49.8 Å². The van der Waals surface area contributed by atoms with Gasteiger partial charge < -0.3 is 15.1 Å². The Morgan fingerprint density at radius 1 is 1.09 bits per heavy atom. The third-order valence-corrected chi connectivity index (χ3v) is 7.54. The molecule has 0 bridgehead atoms. The number of anilines is 1. The van der Waals surface area contributed by atoms with Crippen LogP contribution < -0.4 is 10.2 Å². The molecule has 1 unspecified atom stereocenters. The highest BCUT2D eigenvalue weighted by Gasteiger charge is 2.30. The average Bonchev–Trinajstić information content (AvgIpc) is 2.81. The molecular weight excluding hydrogens is 437 g/mol. The second kappa shape index (κ2) is 11.0. The van der Waals surface area contributed by atoms with Crippen LogP contribution in [0.25, 0.3) is 0 Å². The van der Waals surface area contributed by atoms with Gasteiger partial charge in [0.1, 0.15) is 0 Å². The van der Waals surface area contributed by atoms with E-state index in [2.05, 4.69) is 59.3 Å². The summed E-state index contributed by atoms with van der Waals surface area (Å²) in [5.74, 6) is 0.809. The highest BCUT2D eigenvalue weighted by atomic mass is 35.5. The molecule has 0 saturated carbocycles. The molecule has 1 N–H and O–H groups in total. The molecule has 3 nitrogen and oxygen atoms in total. The Morgan fingerprint density at radius 2 is 1.88 bits per heavy atom. The van der Waals surface area contributed by atoms with Crippen LogP contribution in [-0.4, -0.2) is 37.6 Å². The van der Waals surface area contributed by atoms with E-state index in [4.69, 9.17) is 23.2 Å². The number of hydrogen-bond donors (Lipinski definition) is 1. The summed E-state index contributed by atoms with van der Waals surface area (Å²) >= 11 is 12.5. The van der Waals surface area contributed by atoms with Crippen molar-refractivity contribution in [3.05, 3.63) is 75.4 Å². The topological polar surface area (TPSA) is 18.5 Å². The van der Waals surface area contributed by atoms with Gasteiger partial charge in [0.25, 0.3) is 0 Å². The number of aryl methyl sites for hydroxylation is 1. The fourth-order valence-electron chi connectivity index (χ4n) is 5.25. The van der Waals surface area contributed by atoms with Gasteiger partial charge in [-0.2, -0.15) is 0 Å². The standard InChI is InChI=1S/C27H35Cl2N3/c1-3-25(12-6-21-5-4-14-30-18-21)31-15-16-32(26-13-11-24(29)17-20(26)2)27(19-31)22-7-9-23(28)10-8-22/h3,7-11,13,17,21,27,30H,4-6,12,14-16,18-19H2,1-2H3/t21?,27-/m0/s1. The average molecular weight is 473 g/mol. The van der Waals surface area contributed by atoms with Crippen LogP contribution >= 0.6 is 23.2 Å². The van der Waals surface area contributed by atoms with E-state index in [0.29, 0.717) is 0 Å². The van der Waals surface area contributed by atoms with E-state index in [1.54, 1.807) is 0 Å². The van der Waals surface area contributed by atoms with E-state index in [1.807, 2.05) is 18.2 Å². The van der Waals surface area contributed by atoms with E-state index in [-0.39, 0.29) is 6.04 Å². The van der Waals surface area contributed by atoms with Gasteiger partial charge in [0.05, 0.1) is 6.04 Å². The van der Waals surface area contributed by atoms with Gasteiger partial charge in [0, 0.05) is 41.1 Å². The zero-order chi connectivity index (χ0) is 22.5. The second-order valence-electron chi connectivity index (χ2n) is 9.17. The lowest BCUT2D eigenvalue weighted by molar-refractivity contribution is 0.259. The summed E-state index contributed by atoms with van der Waals surface area (Å²) in [5, 5.41) is 5.14. The van der Waals surface area contributed by atoms with Crippen LogP contribution in [-0.2, 0) is 0 Å². The summed E-state index contributed by atoms with van der Waals surface area (Å²) in [4.78, 5) is 5.15. The summed E-state index contributed by atoms with van der Waals surface area (Å²) in [6.07, 6.45) is 7.44. The highest BCUT2D eigenvalue weighted by molar-refractivity contribution is 6.31. The molecule has 4 rings (SSSR count). The van der Waals surface area contributed by atoms with E-state index in [0.717, 1.165) is 42.0 Å². The summed E-state index contributed by atoms with van der Waals surface area (Å²) in [6.45, 7) is 9.71. The molecule has 0 aliphatic carbocycles. The van der Waals surface area contributed by atoms with Crippen LogP contribution in [0.15, 0.2) is 54.2 Å². The lowest BCUT2D eigenvalue weighted by Gasteiger charge is -2.45. The van der Waals surface area contributed by atoms with Crippen molar-refractivity contribution in [2.75, 3.05) is 37.6 Å². The Morgan fingerprint density at radius 3 is 2.56 bits per heavy atom. The number of piperidine rings is 1. The molecule has 0 amide bonds. The first kappa shape index (κ1) is 23.5. The maximum absolute atomic E-state index is 6.26. The number of hydrogen-bond acceptors (Lipinski definition) is 3. The molecule has 2 aromatic carbocycles. The van der Waals surface area contributed by atoms with Crippen molar-refractivity contribution in [3.8, 4) is 0 Å². The molecule has 2 saturated heterocycles. The number of rotatable bonds is 6. The maximum Gasteiger partial charge on any atom is 0.0718 e. The van der Waals surface area contributed by atoms with Gasteiger partial charge in [-0.15, -0.1) is 0 Å². The van der Waals surface area contributed by atoms with E-state index < -0.39 is 0 Å². The number of benzene rings is 2. The minimum atomic E-state index is 0.271. The van der Waals surface area contributed by atoms with Crippen molar-refractivity contribution >= 4 is 28.9 Å². The quantitative estimate of drug-likeness (QED) is 0.496. The molecule has 5 heteroatoms. The number of halogens is 2. The van der Waals surface area contributed by atoms with E-state index in [1.165, 1.54) is 54.9 Å². The first-order chi connectivity index (χ1) is 15.5. The molecule has 2 atom stereocenters. The van der Waals surface area contributed by atoms with Gasteiger partial charge in [-0.05, 0) is 100.0 Å². The predicted octanol–water partition coefficient (Wildman–Crippen LogP) is 6.85. The van der Waals surface area contributed by atoms with Crippen molar-refractivity contribution in [2.45, 2.75) is 45.6 Å². The summed E-state index contributed by atoms with van der Waals surface area (Å²) in [6, 6.07) is 14.9. The molecular formula is C27H35Cl2N3. The zero-order valence-electron chi connectivity index (χ0n) is 19.3. The second-order valence-corrected chi connectivity index (χ2v) is 10.0. The lowest BCUT2D eigenvalue weighted by Crippen LogP contribution is -2.48. The molecule has 2 aliphatic rings. The van der Waals surface area contributed by atoms with Crippen molar-refractivity contribution in [3.63, 3.8) is 0 Å². The van der Waals surface area contributed by atoms with Gasteiger partial charge in [0.15, 0.2) is 0 Å². The number of piperazine rings is 1. The smallest absolute Gasteiger partial charge is 0.0718 e. The Bertz CT molecular complexity index is 919. The Labute approximate surface area is 203 Å². The third-order valence-electron chi connectivity index (χ3n) is 7.05.